The van der Waals surface area contributed by atoms with E-state index in [4.69, 9.17) is 11.6 Å². The molecule has 0 amide bonds. The zero-order valence-corrected chi connectivity index (χ0v) is 13.4. The second kappa shape index (κ2) is 6.15. The Hall–Kier alpha value is -0.420. The van der Waals surface area contributed by atoms with Crippen molar-refractivity contribution < 1.29 is 0 Å². The number of rotatable bonds is 4. The van der Waals surface area contributed by atoms with Crippen LogP contribution < -0.4 is 5.32 Å². The van der Waals surface area contributed by atoms with E-state index in [0.29, 0.717) is 0 Å². The Labute approximate surface area is 125 Å². The van der Waals surface area contributed by atoms with Crippen LogP contribution in [-0.4, -0.2) is 12.0 Å². The number of halogens is 2. The molecule has 1 aromatic carbocycles. The fourth-order valence-electron chi connectivity index (χ4n) is 1.82. The Morgan fingerprint density at radius 1 is 1.50 bits per heavy atom. The lowest BCUT2D eigenvalue weighted by molar-refractivity contribution is 0.590. The average molecular weight is 346 g/mol. The number of nitrogens with one attached hydrogen (secondary N) is 1. The lowest BCUT2D eigenvalue weighted by Gasteiger charge is -2.17. The summed E-state index contributed by atoms with van der Waals surface area (Å²) < 4.78 is 0.996. The molecule has 1 atom stereocenters. The SMILES string of the molecule is CNC(Cc1nc(C)cs1)c1ccc(Br)cc1Cl. The van der Waals surface area contributed by atoms with Crippen molar-refractivity contribution in [3.8, 4) is 0 Å². The van der Waals surface area contributed by atoms with Gasteiger partial charge in [0.15, 0.2) is 0 Å². The van der Waals surface area contributed by atoms with E-state index in [2.05, 4.69) is 31.6 Å². The Morgan fingerprint density at radius 2 is 2.28 bits per heavy atom. The molecule has 0 spiro atoms. The van der Waals surface area contributed by atoms with Crippen LogP contribution in [0, 0.1) is 6.92 Å². The normalized spacial score (nSPS) is 12.7. The van der Waals surface area contributed by atoms with Crippen molar-refractivity contribution in [2.45, 2.75) is 19.4 Å². The summed E-state index contributed by atoms with van der Waals surface area (Å²) in [5, 5.41) is 7.28. The third-order valence-electron chi connectivity index (χ3n) is 2.73. The van der Waals surface area contributed by atoms with Gasteiger partial charge in [-0.2, -0.15) is 0 Å². The molecule has 0 fully saturated rings. The average Bonchev–Trinajstić information content (AvgIpc) is 2.72. The highest BCUT2D eigenvalue weighted by Gasteiger charge is 2.15. The smallest absolute Gasteiger partial charge is 0.0947 e. The number of aryl methyl sites for hydroxylation is 1. The Balaban J connectivity index is 2.22. The Morgan fingerprint density at radius 3 is 2.83 bits per heavy atom. The summed E-state index contributed by atoms with van der Waals surface area (Å²) in [6, 6.07) is 6.18. The second-order valence-electron chi connectivity index (χ2n) is 4.09. The number of aromatic nitrogens is 1. The van der Waals surface area contributed by atoms with Gasteiger partial charge >= 0.3 is 0 Å². The Kier molecular flexibility index (Phi) is 4.78. The summed E-state index contributed by atoms with van der Waals surface area (Å²) in [5.41, 5.74) is 2.18. The maximum Gasteiger partial charge on any atom is 0.0947 e. The molecule has 0 saturated carbocycles. The van der Waals surface area contributed by atoms with Gasteiger partial charge in [-0.1, -0.05) is 33.6 Å². The summed E-state index contributed by atoms with van der Waals surface area (Å²) in [5.74, 6) is 0. The molecule has 1 aromatic heterocycles. The highest BCUT2D eigenvalue weighted by Crippen LogP contribution is 2.29. The number of hydrogen-bond donors (Lipinski definition) is 1. The molecule has 0 bridgehead atoms. The highest BCUT2D eigenvalue weighted by molar-refractivity contribution is 9.10. The van der Waals surface area contributed by atoms with Crippen LogP contribution in [0.1, 0.15) is 22.3 Å². The topological polar surface area (TPSA) is 24.9 Å². The molecule has 0 saturated heterocycles. The van der Waals surface area contributed by atoms with Gasteiger partial charge in [-0.3, -0.25) is 0 Å². The van der Waals surface area contributed by atoms with Gasteiger partial charge in [-0.15, -0.1) is 11.3 Å². The minimum atomic E-state index is 0.191. The second-order valence-corrected chi connectivity index (χ2v) is 6.36. The quantitative estimate of drug-likeness (QED) is 0.890. The van der Waals surface area contributed by atoms with Crippen molar-refractivity contribution in [2.75, 3.05) is 7.05 Å². The van der Waals surface area contributed by atoms with Crippen LogP contribution in [0.15, 0.2) is 28.1 Å². The summed E-state index contributed by atoms with van der Waals surface area (Å²) >= 11 is 11.4. The van der Waals surface area contributed by atoms with E-state index >= 15 is 0 Å². The van der Waals surface area contributed by atoms with Crippen molar-refractivity contribution in [1.29, 1.82) is 0 Å². The number of benzene rings is 1. The summed E-state index contributed by atoms with van der Waals surface area (Å²) in [7, 11) is 1.95. The summed E-state index contributed by atoms with van der Waals surface area (Å²) in [4.78, 5) is 4.50. The molecular weight excluding hydrogens is 332 g/mol. The molecule has 0 radical (unpaired) electrons. The molecule has 1 unspecified atom stereocenters. The van der Waals surface area contributed by atoms with Gasteiger partial charge < -0.3 is 5.32 Å². The van der Waals surface area contributed by atoms with Gasteiger partial charge in [0, 0.05) is 33.0 Å². The van der Waals surface area contributed by atoms with E-state index in [1.807, 2.05) is 32.2 Å². The van der Waals surface area contributed by atoms with Crippen molar-refractivity contribution in [3.05, 3.63) is 49.3 Å². The van der Waals surface area contributed by atoms with Crippen molar-refractivity contribution in [1.82, 2.24) is 10.3 Å². The zero-order valence-electron chi connectivity index (χ0n) is 10.2. The van der Waals surface area contributed by atoms with Crippen LogP contribution in [0.2, 0.25) is 5.02 Å². The van der Waals surface area contributed by atoms with Crippen LogP contribution in [0.25, 0.3) is 0 Å². The van der Waals surface area contributed by atoms with Gasteiger partial charge in [0.2, 0.25) is 0 Å². The lowest BCUT2D eigenvalue weighted by atomic mass is 10.0. The minimum absolute atomic E-state index is 0.191. The third kappa shape index (κ3) is 3.32. The molecule has 0 aliphatic carbocycles. The molecule has 5 heteroatoms. The molecule has 0 aliphatic rings. The van der Waals surface area contributed by atoms with E-state index < -0.39 is 0 Å². The zero-order chi connectivity index (χ0) is 13.1. The van der Waals surface area contributed by atoms with Crippen molar-refractivity contribution >= 4 is 38.9 Å². The largest absolute Gasteiger partial charge is 0.313 e. The van der Waals surface area contributed by atoms with Crippen LogP contribution in [0.4, 0.5) is 0 Å². The predicted octanol–water partition coefficient (Wildman–Crippen LogP) is 4.37. The first-order valence-electron chi connectivity index (χ1n) is 5.63. The first kappa shape index (κ1) is 14.0. The molecule has 2 rings (SSSR count). The minimum Gasteiger partial charge on any atom is -0.313 e. The fraction of sp³-hybridized carbons (Fsp3) is 0.308. The number of nitrogens with zero attached hydrogens (tertiary/aromatic N) is 1. The van der Waals surface area contributed by atoms with E-state index in [0.717, 1.165) is 32.2 Å². The van der Waals surface area contributed by atoms with Crippen molar-refractivity contribution in [2.24, 2.45) is 0 Å². The monoisotopic (exact) mass is 344 g/mol. The van der Waals surface area contributed by atoms with Crippen LogP contribution in [0.3, 0.4) is 0 Å². The Bertz CT molecular complexity index is 542. The first-order valence-corrected chi connectivity index (χ1v) is 7.68. The van der Waals surface area contributed by atoms with E-state index in [9.17, 15) is 0 Å². The maximum absolute atomic E-state index is 6.29. The van der Waals surface area contributed by atoms with Gasteiger partial charge in [0.1, 0.15) is 0 Å². The first-order chi connectivity index (χ1) is 8.60. The van der Waals surface area contributed by atoms with Gasteiger partial charge in [0.25, 0.3) is 0 Å². The standard InChI is InChI=1S/C13H14BrClN2S/c1-8-7-18-13(17-8)6-12(16-2)10-4-3-9(14)5-11(10)15/h3-5,7,12,16H,6H2,1-2H3. The molecular formula is C13H14BrClN2S. The van der Waals surface area contributed by atoms with Gasteiger partial charge in [0.05, 0.1) is 5.01 Å². The molecule has 1 N–H and O–H groups in total. The van der Waals surface area contributed by atoms with Gasteiger partial charge in [-0.25, -0.2) is 4.98 Å². The van der Waals surface area contributed by atoms with Crippen LogP contribution in [-0.2, 0) is 6.42 Å². The van der Waals surface area contributed by atoms with E-state index in [1.54, 1.807) is 11.3 Å². The maximum atomic E-state index is 6.29. The molecule has 0 aliphatic heterocycles. The van der Waals surface area contributed by atoms with Crippen molar-refractivity contribution in [3.63, 3.8) is 0 Å². The summed E-state index contributed by atoms with van der Waals surface area (Å²) in [6.07, 6.45) is 0.857. The van der Waals surface area contributed by atoms with Crippen LogP contribution in [0.5, 0.6) is 0 Å². The fourth-order valence-corrected chi connectivity index (χ4v) is 3.45. The highest BCUT2D eigenvalue weighted by atomic mass is 79.9. The molecule has 2 aromatic rings. The lowest BCUT2D eigenvalue weighted by Crippen LogP contribution is -2.19. The van der Waals surface area contributed by atoms with E-state index in [-0.39, 0.29) is 6.04 Å². The van der Waals surface area contributed by atoms with Gasteiger partial charge in [-0.05, 0) is 31.7 Å². The van der Waals surface area contributed by atoms with Crippen LogP contribution >= 0.6 is 38.9 Å². The number of hydrogen-bond acceptors (Lipinski definition) is 3. The third-order valence-corrected chi connectivity index (χ3v) is 4.54. The molecule has 96 valence electrons. The number of thiazole rings is 1. The number of likely N-dealkylation sites (N-methyl/N-ethyl adjacent to an activating group) is 1. The molecule has 2 nitrogen and oxygen atoms in total. The molecule has 1 heterocycles. The summed E-state index contributed by atoms with van der Waals surface area (Å²) in [6.45, 7) is 2.01. The molecule has 18 heavy (non-hydrogen) atoms. The van der Waals surface area contributed by atoms with E-state index in [1.165, 1.54) is 0 Å². The predicted molar refractivity (Wildman–Crippen MR) is 81.5 cm³/mol.